The van der Waals surface area contributed by atoms with E-state index in [1.165, 1.54) is 0 Å². The van der Waals surface area contributed by atoms with Crippen molar-refractivity contribution in [1.82, 2.24) is 10.1 Å². The van der Waals surface area contributed by atoms with Crippen molar-refractivity contribution >= 4 is 5.91 Å². The first-order valence-corrected chi connectivity index (χ1v) is 6.46. The van der Waals surface area contributed by atoms with Gasteiger partial charge in [0.05, 0.1) is 18.8 Å². The highest BCUT2D eigenvalue weighted by Crippen LogP contribution is 2.22. The molecule has 0 spiro atoms. The largest absolute Gasteiger partial charge is 0.383 e. The van der Waals surface area contributed by atoms with Crippen molar-refractivity contribution in [1.29, 1.82) is 0 Å². The summed E-state index contributed by atoms with van der Waals surface area (Å²) in [5, 5.41) is 3.80. The Balaban J connectivity index is 2.09. The summed E-state index contributed by atoms with van der Waals surface area (Å²) in [5.41, 5.74) is 0.287. The van der Waals surface area contributed by atoms with Gasteiger partial charge in [-0.1, -0.05) is 5.16 Å². The van der Waals surface area contributed by atoms with Crippen molar-refractivity contribution in [3.63, 3.8) is 0 Å². The first-order chi connectivity index (χ1) is 9.69. The van der Waals surface area contributed by atoms with Crippen LogP contribution in [0.5, 0.6) is 0 Å². The third kappa shape index (κ3) is 3.17. The zero-order valence-electron chi connectivity index (χ0n) is 12.0. The normalized spacial score (nSPS) is 22.4. The van der Waals surface area contributed by atoms with Gasteiger partial charge >= 0.3 is 0 Å². The summed E-state index contributed by atoms with van der Waals surface area (Å²) in [6.45, 7) is 1.31. The van der Waals surface area contributed by atoms with E-state index in [0.717, 1.165) is 6.42 Å². The van der Waals surface area contributed by atoms with Gasteiger partial charge in [0.1, 0.15) is 6.61 Å². The van der Waals surface area contributed by atoms with Gasteiger partial charge in [-0.2, -0.15) is 0 Å². The number of aromatic nitrogens is 1. The van der Waals surface area contributed by atoms with Crippen molar-refractivity contribution in [2.75, 3.05) is 34.5 Å². The summed E-state index contributed by atoms with van der Waals surface area (Å²) in [4.78, 5) is 14.2. The van der Waals surface area contributed by atoms with E-state index in [-0.39, 0.29) is 23.7 Å². The molecular weight excluding hydrogens is 264 g/mol. The van der Waals surface area contributed by atoms with Crippen molar-refractivity contribution in [3.05, 3.63) is 17.5 Å². The molecule has 1 aromatic heterocycles. The first-order valence-electron chi connectivity index (χ1n) is 6.46. The van der Waals surface area contributed by atoms with Crippen molar-refractivity contribution in [2.45, 2.75) is 25.2 Å². The molecule has 0 unspecified atom stereocenters. The zero-order chi connectivity index (χ0) is 14.5. The first kappa shape index (κ1) is 15.0. The van der Waals surface area contributed by atoms with Crippen LogP contribution in [-0.4, -0.2) is 62.6 Å². The van der Waals surface area contributed by atoms with Gasteiger partial charge in [0, 0.05) is 33.9 Å². The van der Waals surface area contributed by atoms with E-state index >= 15 is 0 Å². The lowest BCUT2D eigenvalue weighted by atomic mass is 10.2. The number of carbonyl (C=O) groups excluding carboxylic acids is 1. The highest BCUT2D eigenvalue weighted by Gasteiger charge is 2.36. The maximum atomic E-state index is 12.5. The van der Waals surface area contributed by atoms with Crippen LogP contribution in [0.1, 0.15) is 22.7 Å². The third-order valence-corrected chi connectivity index (χ3v) is 3.39. The topological polar surface area (TPSA) is 74.0 Å². The number of carbonyl (C=O) groups is 1. The monoisotopic (exact) mass is 284 g/mol. The van der Waals surface area contributed by atoms with E-state index in [9.17, 15) is 4.79 Å². The Morgan fingerprint density at radius 1 is 1.45 bits per heavy atom. The number of hydrogen-bond acceptors (Lipinski definition) is 6. The molecule has 1 aromatic rings. The number of nitrogens with zero attached hydrogens (tertiary/aromatic N) is 2. The van der Waals surface area contributed by atoms with Gasteiger partial charge in [-0.25, -0.2) is 0 Å². The molecule has 7 nitrogen and oxygen atoms in total. The highest BCUT2D eigenvalue weighted by atomic mass is 16.5. The number of methoxy groups -OCH3 is 3. The van der Waals surface area contributed by atoms with E-state index in [1.54, 1.807) is 32.3 Å². The van der Waals surface area contributed by atoms with Crippen LogP contribution < -0.4 is 0 Å². The summed E-state index contributed by atoms with van der Waals surface area (Å²) in [6.07, 6.45) is 0.795. The molecule has 0 aromatic carbocycles. The lowest BCUT2D eigenvalue weighted by molar-refractivity contribution is 0.0602. The maximum absolute atomic E-state index is 12.5. The fourth-order valence-electron chi connectivity index (χ4n) is 2.41. The Kier molecular flexibility index (Phi) is 5.11. The lowest BCUT2D eigenvalue weighted by Crippen LogP contribution is -2.38. The standard InChI is InChI=1S/C13H20N2O5/c1-17-7-9-4-10(19-3)6-15(9)13(16)12-5-11(8-18-2)20-14-12/h5,9-10H,4,6-8H2,1-3H3/t9-,10+/m0/s1. The number of hydrogen-bond donors (Lipinski definition) is 0. The lowest BCUT2D eigenvalue weighted by Gasteiger charge is -2.22. The van der Waals surface area contributed by atoms with Gasteiger partial charge in [0.25, 0.3) is 5.91 Å². The van der Waals surface area contributed by atoms with Gasteiger partial charge in [0.2, 0.25) is 0 Å². The fourth-order valence-corrected chi connectivity index (χ4v) is 2.41. The molecule has 112 valence electrons. The van der Waals surface area contributed by atoms with E-state index in [2.05, 4.69) is 5.16 Å². The van der Waals surface area contributed by atoms with Gasteiger partial charge < -0.3 is 23.6 Å². The average molecular weight is 284 g/mol. The second-order valence-electron chi connectivity index (χ2n) is 4.77. The average Bonchev–Trinajstić information content (AvgIpc) is 3.06. The van der Waals surface area contributed by atoms with Gasteiger partial charge in [0.15, 0.2) is 11.5 Å². The number of likely N-dealkylation sites (tertiary alicyclic amines) is 1. The summed E-state index contributed by atoms with van der Waals surface area (Å²) in [5.74, 6) is 0.360. The summed E-state index contributed by atoms with van der Waals surface area (Å²) in [7, 11) is 4.83. The molecule has 0 N–H and O–H groups in total. The van der Waals surface area contributed by atoms with Crippen LogP contribution in [0.25, 0.3) is 0 Å². The van der Waals surface area contributed by atoms with Crippen LogP contribution >= 0.6 is 0 Å². The molecule has 2 atom stereocenters. The quantitative estimate of drug-likeness (QED) is 0.765. The van der Waals surface area contributed by atoms with E-state index in [4.69, 9.17) is 18.7 Å². The Morgan fingerprint density at radius 3 is 2.90 bits per heavy atom. The minimum atomic E-state index is -0.169. The molecule has 0 bridgehead atoms. The molecule has 1 aliphatic heterocycles. The van der Waals surface area contributed by atoms with Gasteiger partial charge in [-0.3, -0.25) is 4.79 Å². The summed E-state index contributed by atoms with van der Waals surface area (Å²) in [6, 6.07) is 1.61. The Bertz CT molecular complexity index is 448. The smallest absolute Gasteiger partial charge is 0.276 e. The molecule has 1 aliphatic rings. The molecule has 0 saturated carbocycles. The number of amides is 1. The third-order valence-electron chi connectivity index (χ3n) is 3.39. The highest BCUT2D eigenvalue weighted by molar-refractivity contribution is 5.92. The molecule has 1 fully saturated rings. The molecule has 0 radical (unpaired) electrons. The van der Waals surface area contributed by atoms with Crippen molar-refractivity contribution in [2.24, 2.45) is 0 Å². The van der Waals surface area contributed by atoms with Crippen LogP contribution in [0.15, 0.2) is 10.6 Å². The second-order valence-corrected chi connectivity index (χ2v) is 4.77. The fraction of sp³-hybridized carbons (Fsp3) is 0.692. The molecule has 20 heavy (non-hydrogen) atoms. The Morgan fingerprint density at radius 2 is 2.25 bits per heavy atom. The molecule has 1 amide bonds. The van der Waals surface area contributed by atoms with Crippen LogP contribution in [0.4, 0.5) is 0 Å². The molecule has 0 aliphatic carbocycles. The summed E-state index contributed by atoms with van der Waals surface area (Å²) < 4.78 is 20.5. The summed E-state index contributed by atoms with van der Waals surface area (Å²) >= 11 is 0. The second kappa shape index (κ2) is 6.83. The molecule has 2 rings (SSSR count). The van der Waals surface area contributed by atoms with Gasteiger partial charge in [-0.15, -0.1) is 0 Å². The van der Waals surface area contributed by atoms with E-state index < -0.39 is 0 Å². The maximum Gasteiger partial charge on any atom is 0.276 e. The Hall–Kier alpha value is -1.44. The predicted molar refractivity (Wildman–Crippen MR) is 69.3 cm³/mol. The van der Waals surface area contributed by atoms with Crippen LogP contribution in [0, 0.1) is 0 Å². The number of ether oxygens (including phenoxy) is 3. The van der Waals surface area contributed by atoms with E-state index in [0.29, 0.717) is 25.5 Å². The Labute approximate surface area is 117 Å². The SMILES string of the molecule is COCc1cc(C(=O)N2C[C@H](OC)C[C@H]2COC)no1. The van der Waals surface area contributed by atoms with Crippen LogP contribution in [0.3, 0.4) is 0 Å². The predicted octanol–water partition coefficient (Wildman–Crippen LogP) is 0.697. The van der Waals surface area contributed by atoms with Gasteiger partial charge in [-0.05, 0) is 6.42 Å². The van der Waals surface area contributed by atoms with Crippen LogP contribution in [0.2, 0.25) is 0 Å². The van der Waals surface area contributed by atoms with Crippen molar-refractivity contribution < 1.29 is 23.5 Å². The molecule has 2 heterocycles. The molecule has 7 heteroatoms. The minimum Gasteiger partial charge on any atom is -0.383 e. The number of rotatable bonds is 6. The molecule has 1 saturated heterocycles. The minimum absolute atomic E-state index is 0.0000233. The van der Waals surface area contributed by atoms with E-state index in [1.807, 2.05) is 0 Å². The van der Waals surface area contributed by atoms with Crippen molar-refractivity contribution in [3.8, 4) is 0 Å². The molecular formula is C13H20N2O5. The zero-order valence-corrected chi connectivity index (χ0v) is 12.0. The van der Waals surface area contributed by atoms with Crippen LogP contribution in [-0.2, 0) is 20.8 Å².